The molecule has 2 amide bonds. The largest absolute Gasteiger partial charge is 0.481 e. The van der Waals surface area contributed by atoms with Gasteiger partial charge in [0.05, 0.1) is 24.7 Å². The van der Waals surface area contributed by atoms with Gasteiger partial charge in [0.15, 0.2) is 0 Å². The number of carbonyl (C=O) groups is 2. The van der Waals surface area contributed by atoms with E-state index >= 15 is 0 Å². The fraction of sp³-hybridized carbons (Fsp3) is 0.867. The van der Waals surface area contributed by atoms with Crippen LogP contribution in [0, 0.1) is 5.92 Å². The van der Waals surface area contributed by atoms with Gasteiger partial charge in [0, 0.05) is 12.6 Å². The smallest absolute Gasteiger partial charge is 0.317 e. The number of amides is 2. The predicted octanol–water partition coefficient (Wildman–Crippen LogP) is 2.09. The number of hydrogen-bond acceptors (Lipinski definition) is 3. The molecular formula is C15H28N2O4. The summed E-state index contributed by atoms with van der Waals surface area (Å²) in [5.41, 5.74) is -0.296. The molecule has 1 aliphatic rings. The molecule has 21 heavy (non-hydrogen) atoms. The molecule has 1 fully saturated rings. The topological polar surface area (TPSA) is 78.9 Å². The molecule has 1 rings (SSSR count). The number of ether oxygens (including phenoxy) is 1. The Morgan fingerprint density at radius 1 is 1.33 bits per heavy atom. The maximum atomic E-state index is 12.2. The SMILES string of the molecule is CC(CCCC(C)C(=O)O)NC(=O)N1CCOC(C)(C)C1. The van der Waals surface area contributed by atoms with Crippen LogP contribution < -0.4 is 5.32 Å². The van der Waals surface area contributed by atoms with Crippen molar-refractivity contribution in [3.63, 3.8) is 0 Å². The van der Waals surface area contributed by atoms with Crippen molar-refractivity contribution in [2.45, 2.75) is 58.6 Å². The van der Waals surface area contributed by atoms with Crippen molar-refractivity contribution in [2.75, 3.05) is 19.7 Å². The van der Waals surface area contributed by atoms with Gasteiger partial charge >= 0.3 is 12.0 Å². The summed E-state index contributed by atoms with van der Waals surface area (Å²) >= 11 is 0. The molecule has 0 aromatic rings. The standard InChI is InChI=1S/C15H28N2O4/c1-11(13(18)19)6-5-7-12(2)16-14(20)17-8-9-21-15(3,4)10-17/h11-12H,5-10H2,1-4H3,(H,16,20)(H,18,19). The highest BCUT2D eigenvalue weighted by Gasteiger charge is 2.30. The predicted molar refractivity (Wildman–Crippen MR) is 80.2 cm³/mol. The van der Waals surface area contributed by atoms with Gasteiger partial charge in [0.25, 0.3) is 0 Å². The molecule has 0 radical (unpaired) electrons. The molecule has 2 N–H and O–H groups in total. The molecule has 0 bridgehead atoms. The fourth-order valence-corrected chi connectivity index (χ4v) is 2.42. The Morgan fingerprint density at radius 3 is 2.57 bits per heavy atom. The second-order valence-electron chi connectivity index (χ2n) is 6.55. The number of carboxylic acid groups (broad SMARTS) is 1. The summed E-state index contributed by atoms with van der Waals surface area (Å²) in [7, 11) is 0. The molecule has 6 heteroatoms. The molecule has 0 spiro atoms. The van der Waals surface area contributed by atoms with Crippen molar-refractivity contribution < 1.29 is 19.4 Å². The van der Waals surface area contributed by atoms with Gasteiger partial charge in [0.2, 0.25) is 0 Å². The lowest BCUT2D eigenvalue weighted by molar-refractivity contribution is -0.141. The molecule has 1 saturated heterocycles. The van der Waals surface area contributed by atoms with E-state index in [4.69, 9.17) is 9.84 Å². The lowest BCUT2D eigenvalue weighted by Crippen LogP contribution is -2.54. The first-order valence-corrected chi connectivity index (χ1v) is 7.63. The first-order valence-electron chi connectivity index (χ1n) is 7.63. The molecule has 1 heterocycles. The van der Waals surface area contributed by atoms with Crippen molar-refractivity contribution in [1.82, 2.24) is 10.2 Å². The Kier molecular flexibility index (Phi) is 6.45. The highest BCUT2D eigenvalue weighted by atomic mass is 16.5. The van der Waals surface area contributed by atoms with Crippen LogP contribution in [0.15, 0.2) is 0 Å². The zero-order valence-electron chi connectivity index (χ0n) is 13.5. The van der Waals surface area contributed by atoms with Gasteiger partial charge in [-0.05, 0) is 33.6 Å². The second-order valence-corrected chi connectivity index (χ2v) is 6.55. The van der Waals surface area contributed by atoms with Gasteiger partial charge in [-0.1, -0.05) is 13.3 Å². The summed E-state index contributed by atoms with van der Waals surface area (Å²) in [6.07, 6.45) is 2.22. The third-order valence-electron chi connectivity index (χ3n) is 3.78. The maximum Gasteiger partial charge on any atom is 0.317 e. The summed E-state index contributed by atoms with van der Waals surface area (Å²) in [6, 6.07) is -0.0189. The lowest BCUT2D eigenvalue weighted by Gasteiger charge is -2.38. The van der Waals surface area contributed by atoms with Gasteiger partial charge in [-0.25, -0.2) is 4.79 Å². The summed E-state index contributed by atoms with van der Waals surface area (Å²) in [4.78, 5) is 24.7. The number of carboxylic acids is 1. The molecule has 0 saturated carbocycles. The Balaban J connectivity index is 2.29. The van der Waals surface area contributed by atoms with Gasteiger partial charge in [-0.3, -0.25) is 4.79 Å². The van der Waals surface area contributed by atoms with E-state index in [9.17, 15) is 9.59 Å². The van der Waals surface area contributed by atoms with Crippen LogP contribution in [0.4, 0.5) is 4.79 Å². The number of aliphatic carboxylic acids is 1. The molecule has 0 aromatic heterocycles. The van der Waals surface area contributed by atoms with Crippen LogP contribution >= 0.6 is 0 Å². The zero-order chi connectivity index (χ0) is 16.0. The fourth-order valence-electron chi connectivity index (χ4n) is 2.42. The van der Waals surface area contributed by atoms with E-state index in [0.717, 1.165) is 12.8 Å². The first kappa shape index (κ1) is 17.8. The van der Waals surface area contributed by atoms with E-state index < -0.39 is 5.97 Å². The minimum Gasteiger partial charge on any atom is -0.481 e. The number of nitrogens with zero attached hydrogens (tertiary/aromatic N) is 1. The van der Waals surface area contributed by atoms with Gasteiger partial charge < -0.3 is 20.1 Å². The number of hydrogen-bond donors (Lipinski definition) is 2. The van der Waals surface area contributed by atoms with E-state index in [-0.39, 0.29) is 23.6 Å². The molecular weight excluding hydrogens is 272 g/mol. The highest BCUT2D eigenvalue weighted by Crippen LogP contribution is 2.16. The van der Waals surface area contributed by atoms with Gasteiger partial charge in [0.1, 0.15) is 0 Å². The summed E-state index contributed by atoms with van der Waals surface area (Å²) in [5.74, 6) is -1.09. The number of nitrogens with one attached hydrogen (secondary N) is 1. The summed E-state index contributed by atoms with van der Waals surface area (Å²) in [5, 5.41) is 11.8. The van der Waals surface area contributed by atoms with E-state index in [1.807, 2.05) is 20.8 Å². The Bertz CT molecular complexity index is 371. The van der Waals surface area contributed by atoms with Crippen LogP contribution in [0.2, 0.25) is 0 Å². The average molecular weight is 300 g/mol. The minimum absolute atomic E-state index is 0.0458. The molecule has 2 unspecified atom stereocenters. The van der Waals surface area contributed by atoms with Crippen molar-refractivity contribution in [3.05, 3.63) is 0 Å². The highest BCUT2D eigenvalue weighted by molar-refractivity contribution is 5.74. The monoisotopic (exact) mass is 300 g/mol. The summed E-state index contributed by atoms with van der Waals surface area (Å²) in [6.45, 7) is 9.37. The number of carbonyl (C=O) groups excluding carboxylic acids is 1. The molecule has 122 valence electrons. The van der Waals surface area contributed by atoms with E-state index in [0.29, 0.717) is 26.1 Å². The Morgan fingerprint density at radius 2 is 2.00 bits per heavy atom. The van der Waals surface area contributed by atoms with Gasteiger partial charge in [-0.2, -0.15) is 0 Å². The molecule has 2 atom stereocenters. The van der Waals surface area contributed by atoms with Crippen molar-refractivity contribution in [3.8, 4) is 0 Å². The maximum absolute atomic E-state index is 12.2. The van der Waals surface area contributed by atoms with E-state index in [1.54, 1.807) is 11.8 Å². The Hall–Kier alpha value is -1.30. The van der Waals surface area contributed by atoms with Crippen molar-refractivity contribution in [2.24, 2.45) is 5.92 Å². The number of urea groups is 1. The molecule has 0 aliphatic carbocycles. The van der Waals surface area contributed by atoms with Crippen LogP contribution in [0.5, 0.6) is 0 Å². The number of rotatable bonds is 6. The average Bonchev–Trinajstić information content (AvgIpc) is 2.37. The number of morpholine rings is 1. The third kappa shape index (κ3) is 6.33. The van der Waals surface area contributed by atoms with Crippen molar-refractivity contribution in [1.29, 1.82) is 0 Å². The van der Waals surface area contributed by atoms with Crippen LogP contribution in [-0.4, -0.2) is 53.3 Å². The van der Waals surface area contributed by atoms with Crippen LogP contribution in [0.3, 0.4) is 0 Å². The lowest BCUT2D eigenvalue weighted by atomic mass is 10.0. The van der Waals surface area contributed by atoms with Crippen LogP contribution in [0.25, 0.3) is 0 Å². The summed E-state index contributed by atoms with van der Waals surface area (Å²) < 4.78 is 5.59. The molecule has 6 nitrogen and oxygen atoms in total. The Labute approximate surface area is 126 Å². The van der Waals surface area contributed by atoms with Crippen molar-refractivity contribution >= 4 is 12.0 Å². The first-order chi connectivity index (χ1) is 9.71. The molecule has 0 aromatic carbocycles. The van der Waals surface area contributed by atoms with Crippen LogP contribution in [0.1, 0.15) is 47.0 Å². The van der Waals surface area contributed by atoms with E-state index in [1.165, 1.54) is 0 Å². The second kappa shape index (κ2) is 7.64. The van der Waals surface area contributed by atoms with E-state index in [2.05, 4.69) is 5.32 Å². The minimum atomic E-state index is -0.762. The normalized spacial score (nSPS) is 20.7. The molecule has 1 aliphatic heterocycles. The van der Waals surface area contributed by atoms with Gasteiger partial charge in [-0.15, -0.1) is 0 Å². The zero-order valence-corrected chi connectivity index (χ0v) is 13.5. The quantitative estimate of drug-likeness (QED) is 0.787. The third-order valence-corrected chi connectivity index (χ3v) is 3.78. The van der Waals surface area contributed by atoms with Crippen LogP contribution in [-0.2, 0) is 9.53 Å².